The average Bonchev–Trinajstić information content (AvgIpc) is 2.85. The van der Waals surface area contributed by atoms with Gasteiger partial charge in [0.25, 0.3) is 5.91 Å². The first-order valence-corrected chi connectivity index (χ1v) is 5.68. The van der Waals surface area contributed by atoms with Crippen molar-refractivity contribution < 1.29 is 9.53 Å². The number of H-pyrrole nitrogens is 1. The zero-order valence-corrected chi connectivity index (χ0v) is 10.4. The van der Waals surface area contributed by atoms with Crippen LogP contribution in [-0.4, -0.2) is 22.7 Å². The second kappa shape index (κ2) is 5.89. The lowest BCUT2D eigenvalue weighted by Gasteiger charge is -2.06. The number of amides is 1. The predicted octanol–water partition coefficient (Wildman–Crippen LogP) is 1.95. The average molecular weight is 277 g/mol. The van der Waals surface area contributed by atoms with Crippen molar-refractivity contribution in [1.82, 2.24) is 10.2 Å². The van der Waals surface area contributed by atoms with E-state index in [1.165, 1.54) is 6.20 Å². The first kappa shape index (κ1) is 12.9. The van der Waals surface area contributed by atoms with Crippen molar-refractivity contribution in [3.05, 3.63) is 41.0 Å². The molecule has 0 unspecified atom stereocenters. The van der Waals surface area contributed by atoms with Crippen LogP contribution < -0.4 is 10.1 Å². The SMILES string of the molecule is N#Cc1cn[nH]c1NC(=O)COc1ccc(Cl)cc1. The molecule has 19 heavy (non-hydrogen) atoms. The Labute approximate surface area is 114 Å². The van der Waals surface area contributed by atoms with E-state index in [0.29, 0.717) is 10.8 Å². The Kier molecular flexibility index (Phi) is 4.00. The van der Waals surface area contributed by atoms with E-state index in [9.17, 15) is 4.79 Å². The molecule has 2 N–H and O–H groups in total. The fraction of sp³-hybridized carbons (Fsp3) is 0.0833. The third-order valence-corrected chi connectivity index (χ3v) is 2.46. The lowest BCUT2D eigenvalue weighted by atomic mass is 10.3. The Morgan fingerprint density at radius 1 is 1.47 bits per heavy atom. The van der Waals surface area contributed by atoms with Crippen LogP contribution in [0.25, 0.3) is 0 Å². The number of aromatic amines is 1. The Balaban J connectivity index is 1.89. The number of anilines is 1. The fourth-order valence-corrected chi connectivity index (χ4v) is 1.45. The van der Waals surface area contributed by atoms with E-state index in [-0.39, 0.29) is 18.0 Å². The summed E-state index contributed by atoms with van der Waals surface area (Å²) in [6.07, 6.45) is 1.33. The van der Waals surface area contributed by atoms with Gasteiger partial charge in [0, 0.05) is 5.02 Å². The van der Waals surface area contributed by atoms with Crippen LogP contribution in [0.15, 0.2) is 30.5 Å². The van der Waals surface area contributed by atoms with Gasteiger partial charge in [0.1, 0.15) is 23.2 Å². The largest absolute Gasteiger partial charge is 0.484 e. The fourth-order valence-electron chi connectivity index (χ4n) is 1.32. The molecule has 0 fully saturated rings. The molecule has 0 atom stereocenters. The molecule has 0 aliphatic rings. The van der Waals surface area contributed by atoms with Crippen molar-refractivity contribution in [3.8, 4) is 11.8 Å². The zero-order valence-electron chi connectivity index (χ0n) is 9.68. The van der Waals surface area contributed by atoms with Gasteiger partial charge in [-0.3, -0.25) is 9.89 Å². The number of nitrogens with one attached hydrogen (secondary N) is 2. The Hall–Kier alpha value is -2.52. The molecule has 2 rings (SSSR count). The molecule has 0 radical (unpaired) electrons. The molecule has 1 amide bonds. The Morgan fingerprint density at radius 2 is 2.21 bits per heavy atom. The van der Waals surface area contributed by atoms with Crippen LogP contribution in [0.2, 0.25) is 5.02 Å². The lowest BCUT2D eigenvalue weighted by molar-refractivity contribution is -0.118. The maximum Gasteiger partial charge on any atom is 0.263 e. The van der Waals surface area contributed by atoms with Gasteiger partial charge in [0.2, 0.25) is 0 Å². The molecule has 0 aliphatic heterocycles. The van der Waals surface area contributed by atoms with Crippen LogP contribution in [0.1, 0.15) is 5.56 Å². The van der Waals surface area contributed by atoms with E-state index in [0.717, 1.165) is 0 Å². The standard InChI is InChI=1S/C12H9ClN4O2/c13-9-1-3-10(4-2-9)19-7-11(18)16-12-8(5-14)6-15-17-12/h1-4,6H,7H2,(H2,15,16,17,18). The molecule has 0 saturated heterocycles. The van der Waals surface area contributed by atoms with E-state index >= 15 is 0 Å². The summed E-state index contributed by atoms with van der Waals surface area (Å²) in [5, 5.41) is 18.0. The van der Waals surface area contributed by atoms with Crippen LogP contribution >= 0.6 is 11.6 Å². The molecule has 0 saturated carbocycles. The number of benzene rings is 1. The van der Waals surface area contributed by atoms with Crippen LogP contribution in [0, 0.1) is 11.3 Å². The molecule has 0 spiro atoms. The second-order valence-corrected chi connectivity index (χ2v) is 4.00. The minimum atomic E-state index is -0.393. The minimum absolute atomic E-state index is 0.175. The van der Waals surface area contributed by atoms with Gasteiger partial charge in [-0.05, 0) is 24.3 Å². The van der Waals surface area contributed by atoms with Crippen molar-refractivity contribution >= 4 is 23.3 Å². The molecular formula is C12H9ClN4O2. The van der Waals surface area contributed by atoms with Crippen LogP contribution in [0.3, 0.4) is 0 Å². The molecule has 2 aromatic rings. The number of ether oxygens (including phenoxy) is 1. The summed E-state index contributed by atoms with van der Waals surface area (Å²) in [4.78, 5) is 11.6. The molecule has 6 nitrogen and oxygen atoms in total. The van der Waals surface area contributed by atoms with Crippen molar-refractivity contribution in [3.63, 3.8) is 0 Å². The molecule has 1 heterocycles. The van der Waals surface area contributed by atoms with Gasteiger partial charge in [-0.1, -0.05) is 11.6 Å². The number of nitrogens with zero attached hydrogens (tertiary/aromatic N) is 2. The topological polar surface area (TPSA) is 90.8 Å². The van der Waals surface area contributed by atoms with Gasteiger partial charge in [0.05, 0.1) is 6.20 Å². The van der Waals surface area contributed by atoms with Gasteiger partial charge in [-0.25, -0.2) is 0 Å². The highest BCUT2D eigenvalue weighted by Gasteiger charge is 2.09. The van der Waals surface area contributed by atoms with Gasteiger partial charge < -0.3 is 10.1 Å². The number of carbonyl (C=O) groups excluding carboxylic acids is 1. The normalized spacial score (nSPS) is 9.68. The van der Waals surface area contributed by atoms with E-state index in [2.05, 4.69) is 15.5 Å². The molecule has 0 bridgehead atoms. The summed E-state index contributed by atoms with van der Waals surface area (Å²) in [6, 6.07) is 8.54. The smallest absolute Gasteiger partial charge is 0.263 e. The maximum atomic E-state index is 11.6. The number of nitriles is 1. The first-order chi connectivity index (χ1) is 9.19. The van der Waals surface area contributed by atoms with Crippen molar-refractivity contribution in [2.24, 2.45) is 0 Å². The summed E-state index contributed by atoms with van der Waals surface area (Å²) in [5.41, 5.74) is 0.264. The molecule has 1 aromatic heterocycles. The third-order valence-electron chi connectivity index (χ3n) is 2.21. The van der Waals surface area contributed by atoms with Crippen molar-refractivity contribution in [2.45, 2.75) is 0 Å². The summed E-state index contributed by atoms with van der Waals surface area (Å²) >= 11 is 5.73. The summed E-state index contributed by atoms with van der Waals surface area (Å²) in [5.74, 6) is 0.396. The number of carbonyl (C=O) groups is 1. The van der Waals surface area contributed by atoms with E-state index < -0.39 is 5.91 Å². The highest BCUT2D eigenvalue weighted by molar-refractivity contribution is 6.30. The zero-order chi connectivity index (χ0) is 13.7. The number of rotatable bonds is 4. The Bertz CT molecular complexity index is 615. The van der Waals surface area contributed by atoms with Crippen LogP contribution in [0.5, 0.6) is 5.75 Å². The molecule has 1 aromatic carbocycles. The van der Waals surface area contributed by atoms with Gasteiger partial charge in [-0.2, -0.15) is 10.4 Å². The molecule has 7 heteroatoms. The minimum Gasteiger partial charge on any atom is -0.484 e. The monoisotopic (exact) mass is 276 g/mol. The van der Waals surface area contributed by atoms with E-state index in [1.54, 1.807) is 24.3 Å². The van der Waals surface area contributed by atoms with E-state index in [1.807, 2.05) is 6.07 Å². The van der Waals surface area contributed by atoms with Gasteiger partial charge >= 0.3 is 0 Å². The van der Waals surface area contributed by atoms with Crippen molar-refractivity contribution in [1.29, 1.82) is 5.26 Å². The summed E-state index contributed by atoms with van der Waals surface area (Å²) in [7, 11) is 0. The van der Waals surface area contributed by atoms with Gasteiger partial charge in [-0.15, -0.1) is 0 Å². The predicted molar refractivity (Wildman–Crippen MR) is 68.9 cm³/mol. The van der Waals surface area contributed by atoms with Crippen LogP contribution in [0.4, 0.5) is 5.82 Å². The Morgan fingerprint density at radius 3 is 2.89 bits per heavy atom. The van der Waals surface area contributed by atoms with Gasteiger partial charge in [0.15, 0.2) is 6.61 Å². The first-order valence-electron chi connectivity index (χ1n) is 5.30. The van der Waals surface area contributed by atoms with Crippen molar-refractivity contribution in [2.75, 3.05) is 11.9 Å². The molecular weight excluding hydrogens is 268 g/mol. The quantitative estimate of drug-likeness (QED) is 0.893. The second-order valence-electron chi connectivity index (χ2n) is 3.56. The number of hydrogen-bond acceptors (Lipinski definition) is 4. The number of aromatic nitrogens is 2. The van der Waals surface area contributed by atoms with Crippen LogP contribution in [-0.2, 0) is 4.79 Å². The summed E-state index contributed by atoms with van der Waals surface area (Å²) in [6.45, 7) is -0.175. The third kappa shape index (κ3) is 3.47. The highest BCUT2D eigenvalue weighted by Crippen LogP contribution is 2.15. The van der Waals surface area contributed by atoms with E-state index in [4.69, 9.17) is 21.6 Å². The number of hydrogen-bond donors (Lipinski definition) is 2. The summed E-state index contributed by atoms with van der Waals surface area (Å²) < 4.78 is 5.26. The molecule has 96 valence electrons. The molecule has 0 aliphatic carbocycles. The lowest BCUT2D eigenvalue weighted by Crippen LogP contribution is -2.20. The number of halogens is 1. The maximum absolute atomic E-state index is 11.6. The highest BCUT2D eigenvalue weighted by atomic mass is 35.5.